The van der Waals surface area contributed by atoms with E-state index in [1.54, 1.807) is 0 Å². The number of benzene rings is 2. The monoisotopic (exact) mass is 319 g/mol. The lowest BCUT2D eigenvalue weighted by Crippen LogP contribution is -2.04. The van der Waals surface area contributed by atoms with E-state index in [4.69, 9.17) is 10.5 Å². The van der Waals surface area contributed by atoms with Crippen LogP contribution in [0.15, 0.2) is 46.9 Å². The van der Waals surface area contributed by atoms with Gasteiger partial charge in [-0.25, -0.2) is 0 Å². The Labute approximate surface area is 122 Å². The standard InChI is InChI=1S/C16H18BrNO/c1-2-12-5-3-4-6-15(12)19-16-11-14(17)8-7-13(16)9-10-18/h3-8,11H,2,9-10,18H2,1H3. The maximum Gasteiger partial charge on any atom is 0.131 e. The summed E-state index contributed by atoms with van der Waals surface area (Å²) in [6.07, 6.45) is 1.77. The largest absolute Gasteiger partial charge is 0.457 e. The SMILES string of the molecule is CCc1ccccc1Oc1cc(Br)ccc1CCN. The van der Waals surface area contributed by atoms with Gasteiger partial charge >= 0.3 is 0 Å². The van der Waals surface area contributed by atoms with Crippen molar-refractivity contribution in [2.24, 2.45) is 5.73 Å². The van der Waals surface area contributed by atoms with Gasteiger partial charge in [0, 0.05) is 4.47 Å². The second-order valence-electron chi connectivity index (χ2n) is 4.35. The summed E-state index contributed by atoms with van der Waals surface area (Å²) in [5, 5.41) is 0. The molecule has 100 valence electrons. The predicted octanol–water partition coefficient (Wildman–Crippen LogP) is 4.31. The summed E-state index contributed by atoms with van der Waals surface area (Å²) >= 11 is 3.49. The van der Waals surface area contributed by atoms with Gasteiger partial charge in [0.2, 0.25) is 0 Å². The minimum Gasteiger partial charge on any atom is -0.457 e. The number of hydrogen-bond acceptors (Lipinski definition) is 2. The lowest BCUT2D eigenvalue weighted by Gasteiger charge is -2.13. The molecule has 19 heavy (non-hydrogen) atoms. The third-order valence-corrected chi connectivity index (χ3v) is 3.51. The van der Waals surface area contributed by atoms with Crippen molar-refractivity contribution < 1.29 is 4.74 Å². The number of para-hydroxylation sites is 1. The van der Waals surface area contributed by atoms with Gasteiger partial charge in [-0.05, 0) is 48.7 Å². The summed E-state index contributed by atoms with van der Waals surface area (Å²) in [6.45, 7) is 2.75. The van der Waals surface area contributed by atoms with Gasteiger partial charge in [-0.2, -0.15) is 0 Å². The fourth-order valence-corrected chi connectivity index (χ4v) is 2.34. The summed E-state index contributed by atoms with van der Waals surface area (Å²) in [7, 11) is 0. The summed E-state index contributed by atoms with van der Waals surface area (Å²) in [6, 6.07) is 14.2. The number of hydrogen-bond donors (Lipinski definition) is 1. The Balaban J connectivity index is 2.34. The summed E-state index contributed by atoms with van der Waals surface area (Å²) < 4.78 is 7.09. The molecule has 3 heteroatoms. The molecule has 0 saturated heterocycles. The zero-order valence-electron chi connectivity index (χ0n) is 11.0. The molecule has 0 unspecified atom stereocenters. The molecule has 2 nitrogen and oxygen atoms in total. The van der Waals surface area contributed by atoms with Crippen LogP contribution in [0.4, 0.5) is 0 Å². The number of rotatable bonds is 5. The molecule has 0 atom stereocenters. The van der Waals surface area contributed by atoms with E-state index in [9.17, 15) is 0 Å². The van der Waals surface area contributed by atoms with E-state index >= 15 is 0 Å². The molecule has 0 aliphatic carbocycles. The van der Waals surface area contributed by atoms with E-state index < -0.39 is 0 Å². The van der Waals surface area contributed by atoms with Gasteiger partial charge in [-0.3, -0.25) is 0 Å². The summed E-state index contributed by atoms with van der Waals surface area (Å²) in [4.78, 5) is 0. The molecule has 0 heterocycles. The number of ether oxygens (including phenoxy) is 1. The Bertz CT molecular complexity index is 554. The Hall–Kier alpha value is -1.32. The molecule has 0 radical (unpaired) electrons. The van der Waals surface area contributed by atoms with Crippen molar-refractivity contribution in [2.45, 2.75) is 19.8 Å². The molecule has 0 amide bonds. The van der Waals surface area contributed by atoms with Gasteiger partial charge in [0.25, 0.3) is 0 Å². The maximum atomic E-state index is 6.08. The van der Waals surface area contributed by atoms with Crippen LogP contribution < -0.4 is 10.5 Å². The first kappa shape index (κ1) is 14.1. The lowest BCUT2D eigenvalue weighted by molar-refractivity contribution is 0.470. The third kappa shape index (κ3) is 3.58. The molecule has 2 N–H and O–H groups in total. The molecule has 2 rings (SSSR count). The zero-order valence-corrected chi connectivity index (χ0v) is 12.6. The fourth-order valence-electron chi connectivity index (χ4n) is 2.00. The van der Waals surface area contributed by atoms with E-state index in [1.165, 1.54) is 5.56 Å². The second kappa shape index (κ2) is 6.73. The Morgan fingerprint density at radius 1 is 1.05 bits per heavy atom. The van der Waals surface area contributed by atoms with Crippen molar-refractivity contribution >= 4 is 15.9 Å². The highest BCUT2D eigenvalue weighted by molar-refractivity contribution is 9.10. The minimum atomic E-state index is 0.618. The highest BCUT2D eigenvalue weighted by Gasteiger charge is 2.08. The van der Waals surface area contributed by atoms with E-state index in [1.807, 2.05) is 30.3 Å². The van der Waals surface area contributed by atoms with Gasteiger partial charge in [-0.1, -0.05) is 47.1 Å². The van der Waals surface area contributed by atoms with Crippen LogP contribution in [0.25, 0.3) is 0 Å². The lowest BCUT2D eigenvalue weighted by atomic mass is 10.1. The molecule has 0 bridgehead atoms. The van der Waals surface area contributed by atoms with Crippen LogP contribution in [0.5, 0.6) is 11.5 Å². The smallest absolute Gasteiger partial charge is 0.131 e. The Kier molecular flexibility index (Phi) is 5.00. The van der Waals surface area contributed by atoms with Crippen LogP contribution in [0, 0.1) is 0 Å². The Morgan fingerprint density at radius 2 is 1.84 bits per heavy atom. The zero-order chi connectivity index (χ0) is 13.7. The molecule has 2 aromatic rings. The number of nitrogens with two attached hydrogens (primary N) is 1. The molecule has 0 saturated carbocycles. The van der Waals surface area contributed by atoms with Crippen LogP contribution in [0.2, 0.25) is 0 Å². The topological polar surface area (TPSA) is 35.2 Å². The summed E-state index contributed by atoms with van der Waals surface area (Å²) in [5.74, 6) is 1.79. The first-order chi connectivity index (χ1) is 9.24. The molecule has 0 aromatic heterocycles. The van der Waals surface area contributed by atoms with Crippen molar-refractivity contribution in [1.29, 1.82) is 0 Å². The number of halogens is 1. The minimum absolute atomic E-state index is 0.618. The van der Waals surface area contributed by atoms with E-state index in [-0.39, 0.29) is 0 Å². The van der Waals surface area contributed by atoms with E-state index in [0.29, 0.717) is 6.54 Å². The van der Waals surface area contributed by atoms with Crippen molar-refractivity contribution in [1.82, 2.24) is 0 Å². The first-order valence-corrected chi connectivity index (χ1v) is 7.28. The van der Waals surface area contributed by atoms with Crippen molar-refractivity contribution in [3.8, 4) is 11.5 Å². The normalized spacial score (nSPS) is 10.5. The molecule has 0 aliphatic heterocycles. The van der Waals surface area contributed by atoms with Gasteiger partial charge in [-0.15, -0.1) is 0 Å². The van der Waals surface area contributed by atoms with E-state index in [2.05, 4.69) is 35.0 Å². The quantitative estimate of drug-likeness (QED) is 0.891. The molecular formula is C16H18BrNO. The second-order valence-corrected chi connectivity index (χ2v) is 5.27. The van der Waals surface area contributed by atoms with Crippen molar-refractivity contribution in [2.75, 3.05) is 6.54 Å². The molecule has 0 aliphatic rings. The van der Waals surface area contributed by atoms with Crippen LogP contribution in [0.3, 0.4) is 0 Å². The van der Waals surface area contributed by atoms with Gasteiger partial charge in [0.15, 0.2) is 0 Å². The van der Waals surface area contributed by atoms with Gasteiger partial charge in [0.1, 0.15) is 11.5 Å². The van der Waals surface area contributed by atoms with Gasteiger partial charge < -0.3 is 10.5 Å². The van der Waals surface area contributed by atoms with Crippen LogP contribution in [-0.2, 0) is 12.8 Å². The van der Waals surface area contributed by atoms with Crippen molar-refractivity contribution in [3.63, 3.8) is 0 Å². The number of aryl methyl sites for hydroxylation is 1. The van der Waals surface area contributed by atoms with Crippen LogP contribution in [-0.4, -0.2) is 6.54 Å². The molecule has 0 fully saturated rings. The van der Waals surface area contributed by atoms with Crippen molar-refractivity contribution in [3.05, 3.63) is 58.1 Å². The first-order valence-electron chi connectivity index (χ1n) is 6.49. The maximum absolute atomic E-state index is 6.08. The van der Waals surface area contributed by atoms with Gasteiger partial charge in [0.05, 0.1) is 0 Å². The van der Waals surface area contributed by atoms with Crippen LogP contribution >= 0.6 is 15.9 Å². The van der Waals surface area contributed by atoms with E-state index in [0.717, 1.165) is 34.4 Å². The third-order valence-electron chi connectivity index (χ3n) is 3.02. The molecule has 0 spiro atoms. The average molecular weight is 320 g/mol. The Morgan fingerprint density at radius 3 is 2.58 bits per heavy atom. The van der Waals surface area contributed by atoms with Crippen LogP contribution in [0.1, 0.15) is 18.1 Å². The predicted molar refractivity (Wildman–Crippen MR) is 82.8 cm³/mol. The summed E-state index contributed by atoms with van der Waals surface area (Å²) in [5.41, 5.74) is 7.99. The fraction of sp³-hybridized carbons (Fsp3) is 0.250. The highest BCUT2D eigenvalue weighted by Crippen LogP contribution is 2.31. The average Bonchev–Trinajstić information content (AvgIpc) is 2.42. The molecule has 2 aromatic carbocycles. The molecular weight excluding hydrogens is 302 g/mol. The highest BCUT2D eigenvalue weighted by atomic mass is 79.9.